The van der Waals surface area contributed by atoms with Gasteiger partial charge in [0.2, 0.25) is 0 Å². The molecule has 0 N–H and O–H groups in total. The van der Waals surface area contributed by atoms with Gasteiger partial charge in [-0.25, -0.2) is 0 Å². The summed E-state index contributed by atoms with van der Waals surface area (Å²) < 4.78 is 2.42. The third-order valence-electron chi connectivity index (χ3n) is 15.0. The van der Waals surface area contributed by atoms with Gasteiger partial charge in [-0.1, -0.05) is 105 Å². The number of Topliss-reactive ketones (excluding diaryl/α,β-unsaturated/α-hetero) is 2. The number of fused-ring (bicyclic) bond motifs is 14. The number of carbonyl (C=O) groups excluding carboxylic acids is 2. The lowest BCUT2D eigenvalue weighted by atomic mass is 9.71. The zero-order valence-corrected chi connectivity index (χ0v) is 31.1. The molecule has 0 saturated heterocycles. The quantitative estimate of drug-likeness (QED) is 0.159. The third kappa shape index (κ3) is 3.87. The van der Waals surface area contributed by atoms with E-state index in [1.807, 2.05) is 0 Å². The topological polar surface area (TPSA) is 38.5 Å². The van der Waals surface area contributed by atoms with Gasteiger partial charge in [0.05, 0.1) is 16.6 Å². The van der Waals surface area contributed by atoms with Crippen LogP contribution in [0.4, 0.5) is 0 Å². The Morgan fingerprint density at radius 3 is 1.38 bits per heavy atom. The van der Waals surface area contributed by atoms with Crippen molar-refractivity contribution < 1.29 is 9.59 Å². The summed E-state index contributed by atoms with van der Waals surface area (Å²) in [6.07, 6.45) is 12.8. The molecule has 266 valence electrons. The van der Waals surface area contributed by atoms with Gasteiger partial charge in [0.25, 0.3) is 0 Å². The van der Waals surface area contributed by atoms with E-state index in [1.54, 1.807) is 0 Å². The molecule has 0 aliphatic heterocycles. The monoisotopic (exact) mass is 711 g/mol. The van der Waals surface area contributed by atoms with Crippen molar-refractivity contribution in [3.05, 3.63) is 125 Å². The van der Waals surface area contributed by atoms with E-state index in [0.29, 0.717) is 11.6 Å². The van der Waals surface area contributed by atoms with Crippen LogP contribution in [0.2, 0.25) is 0 Å². The molecule has 9 aromatic rings. The van der Waals surface area contributed by atoms with Gasteiger partial charge in [0.1, 0.15) is 0 Å². The Morgan fingerprint density at radius 1 is 0.418 bits per heavy atom. The van der Waals surface area contributed by atoms with Gasteiger partial charge < -0.3 is 4.40 Å². The van der Waals surface area contributed by atoms with Gasteiger partial charge in [0.15, 0.2) is 11.6 Å². The summed E-state index contributed by atoms with van der Waals surface area (Å²) in [5.74, 6) is 0.721. The van der Waals surface area contributed by atoms with Crippen molar-refractivity contribution in [2.45, 2.75) is 77.0 Å². The predicted octanol–water partition coefficient (Wildman–Crippen LogP) is 13.3. The van der Waals surface area contributed by atoms with E-state index in [1.165, 1.54) is 94.5 Å². The number of hydrogen-bond acceptors (Lipinski definition) is 2. The van der Waals surface area contributed by atoms with Crippen LogP contribution < -0.4 is 0 Å². The molecule has 0 atom stereocenters. The summed E-state index contributed by atoms with van der Waals surface area (Å²) in [5.41, 5.74) is 9.67. The first-order valence-corrected chi connectivity index (χ1v) is 20.8. The van der Waals surface area contributed by atoms with Crippen molar-refractivity contribution in [1.82, 2.24) is 4.40 Å². The molecule has 3 heteroatoms. The second-order valence-corrected chi connectivity index (χ2v) is 17.8. The van der Waals surface area contributed by atoms with Crippen molar-refractivity contribution in [1.29, 1.82) is 0 Å². The standard InChI is InChI=1S/C52H41NO2/c54-49-39-26-45-41(24-31(39)28-51(49)18-7-1-8-19-51)43-22-30(33-16-11-17-38-36-13-4-3-12-34(36)35-14-5-6-15-37(35)47(33)38)23-44-42-25-32-29-52(20-9-2-10-21-52)50(55)40(32)27-46(42)53(45)48(43)44/h3-6,11-17,22-27H,1-2,7-10,18-21,28-29H2. The highest BCUT2D eigenvalue weighted by Gasteiger charge is 2.47. The number of hydrogen-bond donors (Lipinski definition) is 0. The van der Waals surface area contributed by atoms with E-state index >= 15 is 0 Å². The van der Waals surface area contributed by atoms with Crippen LogP contribution in [0.1, 0.15) is 96.1 Å². The van der Waals surface area contributed by atoms with Crippen LogP contribution in [-0.4, -0.2) is 16.0 Å². The number of aromatic nitrogens is 1. The highest BCUT2D eigenvalue weighted by molar-refractivity contribution is 6.30. The Morgan fingerprint density at radius 2 is 0.873 bits per heavy atom. The number of ketones is 2. The lowest BCUT2D eigenvalue weighted by Gasteiger charge is -2.31. The number of carbonyl (C=O) groups is 2. The van der Waals surface area contributed by atoms with Crippen LogP contribution in [0.3, 0.4) is 0 Å². The maximum atomic E-state index is 14.4. The van der Waals surface area contributed by atoms with Crippen LogP contribution in [0.5, 0.6) is 0 Å². The fourth-order valence-corrected chi connectivity index (χ4v) is 12.5. The Kier molecular flexibility index (Phi) is 5.93. The van der Waals surface area contributed by atoms with E-state index in [9.17, 15) is 9.59 Å². The zero-order chi connectivity index (χ0) is 36.2. The first kappa shape index (κ1) is 30.7. The molecule has 13 rings (SSSR count). The number of benzene rings is 7. The normalized spacial score (nSPS) is 19.1. The highest BCUT2D eigenvalue weighted by Crippen LogP contribution is 2.53. The van der Waals surface area contributed by atoms with Crippen molar-refractivity contribution in [3.8, 4) is 11.1 Å². The Balaban J connectivity index is 1.14. The number of nitrogens with zero attached hydrogens (tertiary/aromatic N) is 1. The SMILES string of the molecule is O=C1c2cc3c(cc2CC12CCCCC2)c1cc(-c2cccc4c5ccccc5c5ccccc5c24)cc2c4cc5c(cc4n3c12)C(=O)C1(CCCCC1)C5. The van der Waals surface area contributed by atoms with E-state index in [-0.39, 0.29) is 10.8 Å². The summed E-state index contributed by atoms with van der Waals surface area (Å²) in [4.78, 5) is 28.7. The van der Waals surface area contributed by atoms with Gasteiger partial charge in [-0.15, -0.1) is 0 Å². The Labute approximate surface area is 319 Å². The fraction of sp³-hybridized carbons (Fsp3) is 0.269. The first-order valence-electron chi connectivity index (χ1n) is 20.8. The smallest absolute Gasteiger partial charge is 0.169 e. The van der Waals surface area contributed by atoms with E-state index in [0.717, 1.165) is 86.4 Å². The molecule has 4 aliphatic carbocycles. The predicted molar refractivity (Wildman–Crippen MR) is 226 cm³/mol. The lowest BCUT2D eigenvalue weighted by molar-refractivity contribution is 0.0742. The van der Waals surface area contributed by atoms with Crippen molar-refractivity contribution in [2.75, 3.05) is 0 Å². The average molecular weight is 712 g/mol. The molecule has 0 unspecified atom stereocenters. The minimum Gasteiger partial charge on any atom is -0.308 e. The van der Waals surface area contributed by atoms with Crippen LogP contribution in [-0.2, 0) is 12.8 Å². The molecule has 2 saturated carbocycles. The molecule has 7 aromatic carbocycles. The summed E-state index contributed by atoms with van der Waals surface area (Å²) >= 11 is 0. The fourth-order valence-electron chi connectivity index (χ4n) is 12.5. The van der Waals surface area contributed by atoms with Crippen LogP contribution >= 0.6 is 0 Å². The van der Waals surface area contributed by atoms with Crippen molar-refractivity contribution in [3.63, 3.8) is 0 Å². The van der Waals surface area contributed by atoms with Crippen LogP contribution in [0.25, 0.3) is 81.5 Å². The molecule has 3 nitrogen and oxygen atoms in total. The largest absolute Gasteiger partial charge is 0.308 e. The van der Waals surface area contributed by atoms with Gasteiger partial charge in [0, 0.05) is 43.5 Å². The minimum absolute atomic E-state index is 0.233. The maximum Gasteiger partial charge on any atom is 0.169 e. The maximum absolute atomic E-state index is 14.4. The highest BCUT2D eigenvalue weighted by atomic mass is 16.1. The molecule has 0 radical (unpaired) electrons. The molecule has 2 fully saturated rings. The molecular formula is C52H41NO2. The molecule has 2 heterocycles. The molecule has 2 spiro atoms. The van der Waals surface area contributed by atoms with E-state index < -0.39 is 0 Å². The molecule has 55 heavy (non-hydrogen) atoms. The molecule has 2 aromatic heterocycles. The van der Waals surface area contributed by atoms with E-state index in [4.69, 9.17) is 0 Å². The van der Waals surface area contributed by atoms with E-state index in [2.05, 4.69) is 108 Å². The molecular weight excluding hydrogens is 671 g/mol. The first-order chi connectivity index (χ1) is 27.0. The minimum atomic E-state index is -0.233. The van der Waals surface area contributed by atoms with Crippen molar-refractivity contribution >= 4 is 82.0 Å². The van der Waals surface area contributed by atoms with Crippen LogP contribution in [0.15, 0.2) is 103 Å². The van der Waals surface area contributed by atoms with Gasteiger partial charge in [-0.3, -0.25) is 9.59 Å². The van der Waals surface area contributed by atoms with Crippen molar-refractivity contribution in [2.24, 2.45) is 10.8 Å². The Bertz CT molecular complexity index is 3020. The lowest BCUT2D eigenvalue weighted by Crippen LogP contribution is -2.30. The number of rotatable bonds is 1. The second kappa shape index (κ2) is 10.6. The Hall–Kier alpha value is -5.54. The second-order valence-electron chi connectivity index (χ2n) is 17.8. The van der Waals surface area contributed by atoms with Crippen LogP contribution in [0, 0.1) is 10.8 Å². The van der Waals surface area contributed by atoms with Gasteiger partial charge >= 0.3 is 0 Å². The van der Waals surface area contributed by atoms with Gasteiger partial charge in [-0.2, -0.15) is 0 Å². The summed E-state index contributed by atoms with van der Waals surface area (Å²) in [5, 5.41) is 12.6. The summed E-state index contributed by atoms with van der Waals surface area (Å²) in [6, 6.07) is 38.6. The summed E-state index contributed by atoms with van der Waals surface area (Å²) in [7, 11) is 0. The zero-order valence-electron chi connectivity index (χ0n) is 31.1. The average Bonchev–Trinajstić information content (AvgIpc) is 3.89. The van der Waals surface area contributed by atoms with Gasteiger partial charge in [-0.05, 0) is 129 Å². The summed E-state index contributed by atoms with van der Waals surface area (Å²) in [6.45, 7) is 0. The molecule has 0 amide bonds. The third-order valence-corrected chi connectivity index (χ3v) is 15.0. The molecule has 4 aliphatic rings. The molecule has 0 bridgehead atoms.